The van der Waals surface area contributed by atoms with Gasteiger partial charge < -0.3 is 10.2 Å². The zero-order valence-electron chi connectivity index (χ0n) is 13.0. The summed E-state index contributed by atoms with van der Waals surface area (Å²) < 4.78 is 1.69. The van der Waals surface area contributed by atoms with E-state index in [4.69, 9.17) is 0 Å². The highest BCUT2D eigenvalue weighted by Crippen LogP contribution is 2.05. The highest BCUT2D eigenvalue weighted by atomic mass is 16.2. The van der Waals surface area contributed by atoms with E-state index >= 15 is 0 Å². The molecular weight excluding hydrogens is 278 g/mol. The fourth-order valence-corrected chi connectivity index (χ4v) is 2.02. The van der Waals surface area contributed by atoms with Crippen molar-refractivity contribution in [1.29, 1.82) is 0 Å². The highest BCUT2D eigenvalue weighted by Gasteiger charge is 2.11. The Labute approximate surface area is 130 Å². The third-order valence-corrected chi connectivity index (χ3v) is 3.11. The molecule has 0 atom stereocenters. The van der Waals surface area contributed by atoms with Gasteiger partial charge >= 0.3 is 6.03 Å². The molecule has 2 aromatic rings. The number of rotatable bonds is 6. The zero-order chi connectivity index (χ0) is 15.9. The van der Waals surface area contributed by atoms with Crippen LogP contribution in [0.4, 0.5) is 4.79 Å². The molecule has 1 heterocycles. The number of urea groups is 1. The molecule has 0 unspecified atom stereocenters. The van der Waals surface area contributed by atoms with E-state index in [0.717, 1.165) is 11.3 Å². The van der Waals surface area contributed by atoms with E-state index in [2.05, 4.69) is 22.2 Å². The Morgan fingerprint density at radius 3 is 2.73 bits per heavy atom. The van der Waals surface area contributed by atoms with Crippen LogP contribution in [0.5, 0.6) is 0 Å². The van der Waals surface area contributed by atoms with Gasteiger partial charge in [-0.25, -0.2) is 9.48 Å². The maximum absolute atomic E-state index is 12.1. The molecule has 0 radical (unpaired) electrons. The van der Waals surface area contributed by atoms with Gasteiger partial charge in [0.25, 0.3) is 0 Å². The molecule has 0 aliphatic rings. The van der Waals surface area contributed by atoms with Crippen LogP contribution in [0.15, 0.2) is 48.7 Å². The predicted molar refractivity (Wildman–Crippen MR) is 85.7 cm³/mol. The highest BCUT2D eigenvalue weighted by molar-refractivity contribution is 5.74. The van der Waals surface area contributed by atoms with E-state index in [-0.39, 0.29) is 6.03 Å². The van der Waals surface area contributed by atoms with Gasteiger partial charge in [0, 0.05) is 13.1 Å². The molecule has 6 heteroatoms. The van der Waals surface area contributed by atoms with Crippen LogP contribution < -0.4 is 5.32 Å². The van der Waals surface area contributed by atoms with E-state index in [1.165, 1.54) is 0 Å². The second kappa shape index (κ2) is 7.40. The van der Waals surface area contributed by atoms with Gasteiger partial charge in [-0.1, -0.05) is 35.6 Å². The maximum atomic E-state index is 12.1. The standard InChI is InChI=1S/C16H21N5O/c1-4-20(11-13(2)3)16(22)17-10-14-12-21(19-18-14)15-8-6-5-7-9-15/h5-9,12H,2,4,10-11H2,1,3H3,(H,17,22). The molecule has 116 valence electrons. The van der Waals surface area contributed by atoms with E-state index in [1.54, 1.807) is 9.58 Å². The lowest BCUT2D eigenvalue weighted by atomic mass is 10.3. The van der Waals surface area contributed by atoms with Crippen molar-refractivity contribution in [3.05, 3.63) is 54.4 Å². The summed E-state index contributed by atoms with van der Waals surface area (Å²) in [6.07, 6.45) is 1.81. The van der Waals surface area contributed by atoms with Gasteiger partial charge in [-0.15, -0.1) is 5.10 Å². The first-order valence-corrected chi connectivity index (χ1v) is 7.24. The molecule has 0 saturated heterocycles. The maximum Gasteiger partial charge on any atom is 0.318 e. The normalized spacial score (nSPS) is 10.3. The zero-order valence-corrected chi connectivity index (χ0v) is 13.0. The second-order valence-corrected chi connectivity index (χ2v) is 5.12. The van der Waals surface area contributed by atoms with Gasteiger partial charge in [0.15, 0.2) is 0 Å². The van der Waals surface area contributed by atoms with Crippen molar-refractivity contribution in [3.63, 3.8) is 0 Å². The molecule has 2 rings (SSSR count). The molecule has 1 aromatic carbocycles. The van der Waals surface area contributed by atoms with Crippen molar-refractivity contribution in [2.45, 2.75) is 20.4 Å². The molecule has 0 spiro atoms. The number of aromatic nitrogens is 3. The van der Waals surface area contributed by atoms with Crippen LogP contribution in [0.25, 0.3) is 5.69 Å². The number of nitrogens with zero attached hydrogens (tertiary/aromatic N) is 4. The molecule has 6 nitrogen and oxygen atoms in total. The van der Waals surface area contributed by atoms with E-state index in [0.29, 0.717) is 25.3 Å². The molecule has 22 heavy (non-hydrogen) atoms. The Kier molecular flexibility index (Phi) is 5.30. The quantitative estimate of drug-likeness (QED) is 0.833. The fraction of sp³-hybridized carbons (Fsp3) is 0.312. The van der Waals surface area contributed by atoms with Crippen LogP contribution in [-0.2, 0) is 6.54 Å². The molecule has 1 aromatic heterocycles. The monoisotopic (exact) mass is 299 g/mol. The lowest BCUT2D eigenvalue weighted by Gasteiger charge is -2.21. The first-order valence-electron chi connectivity index (χ1n) is 7.24. The van der Waals surface area contributed by atoms with Crippen LogP contribution in [0.2, 0.25) is 0 Å². The third-order valence-electron chi connectivity index (χ3n) is 3.11. The van der Waals surface area contributed by atoms with Crippen molar-refractivity contribution < 1.29 is 4.79 Å². The van der Waals surface area contributed by atoms with Crippen LogP contribution in [-0.4, -0.2) is 39.0 Å². The van der Waals surface area contributed by atoms with Crippen LogP contribution in [0.1, 0.15) is 19.5 Å². The minimum absolute atomic E-state index is 0.125. The second-order valence-electron chi connectivity index (χ2n) is 5.12. The average Bonchev–Trinajstić information content (AvgIpc) is 3.00. The van der Waals surface area contributed by atoms with Crippen molar-refractivity contribution in [1.82, 2.24) is 25.2 Å². The first-order chi connectivity index (χ1) is 10.6. The molecule has 0 aliphatic heterocycles. The number of benzene rings is 1. The van der Waals surface area contributed by atoms with Gasteiger partial charge in [0.05, 0.1) is 18.4 Å². The summed E-state index contributed by atoms with van der Waals surface area (Å²) in [5.41, 5.74) is 2.60. The Bertz CT molecular complexity index is 635. The minimum Gasteiger partial charge on any atom is -0.332 e. The van der Waals surface area contributed by atoms with Gasteiger partial charge in [0.1, 0.15) is 5.69 Å². The van der Waals surface area contributed by atoms with Crippen LogP contribution in [0, 0.1) is 0 Å². The Balaban J connectivity index is 1.93. The largest absolute Gasteiger partial charge is 0.332 e. The average molecular weight is 299 g/mol. The van der Waals surface area contributed by atoms with Crippen molar-refractivity contribution in [2.75, 3.05) is 13.1 Å². The SMILES string of the molecule is C=C(C)CN(CC)C(=O)NCc1cn(-c2ccccc2)nn1. The third kappa shape index (κ3) is 4.18. The number of carbonyl (C=O) groups is 1. The Morgan fingerprint density at radius 2 is 2.09 bits per heavy atom. The summed E-state index contributed by atoms with van der Waals surface area (Å²) in [5, 5.41) is 11.0. The van der Waals surface area contributed by atoms with Gasteiger partial charge in [-0.05, 0) is 26.0 Å². The minimum atomic E-state index is -0.125. The number of carbonyl (C=O) groups excluding carboxylic acids is 1. The van der Waals surface area contributed by atoms with Gasteiger partial charge in [0.2, 0.25) is 0 Å². The number of hydrogen-bond donors (Lipinski definition) is 1. The molecular formula is C16H21N5O. The first kappa shape index (κ1) is 15.8. The molecule has 2 amide bonds. The molecule has 0 fully saturated rings. The summed E-state index contributed by atoms with van der Waals surface area (Å²) >= 11 is 0. The predicted octanol–water partition coefficient (Wildman–Crippen LogP) is 2.37. The topological polar surface area (TPSA) is 63.1 Å². The number of nitrogens with one attached hydrogen (secondary N) is 1. The van der Waals surface area contributed by atoms with Gasteiger partial charge in [-0.3, -0.25) is 0 Å². The molecule has 1 N–H and O–H groups in total. The Hall–Kier alpha value is -2.63. The molecule has 0 saturated carbocycles. The van der Waals surface area contributed by atoms with Crippen molar-refractivity contribution in [2.24, 2.45) is 0 Å². The van der Waals surface area contributed by atoms with E-state index < -0.39 is 0 Å². The van der Waals surface area contributed by atoms with Crippen LogP contribution in [0.3, 0.4) is 0 Å². The molecule has 0 bridgehead atoms. The van der Waals surface area contributed by atoms with Crippen LogP contribution >= 0.6 is 0 Å². The Morgan fingerprint density at radius 1 is 1.36 bits per heavy atom. The number of amides is 2. The number of hydrogen-bond acceptors (Lipinski definition) is 3. The van der Waals surface area contributed by atoms with E-state index in [9.17, 15) is 4.79 Å². The van der Waals surface area contributed by atoms with Gasteiger partial charge in [-0.2, -0.15) is 0 Å². The summed E-state index contributed by atoms with van der Waals surface area (Å²) in [6.45, 7) is 9.21. The van der Waals surface area contributed by atoms with E-state index in [1.807, 2.05) is 50.4 Å². The number of para-hydroxylation sites is 1. The summed E-state index contributed by atoms with van der Waals surface area (Å²) in [4.78, 5) is 13.8. The smallest absolute Gasteiger partial charge is 0.318 e. The summed E-state index contributed by atoms with van der Waals surface area (Å²) in [5.74, 6) is 0. The lowest BCUT2D eigenvalue weighted by Crippen LogP contribution is -2.40. The molecule has 0 aliphatic carbocycles. The fourth-order valence-electron chi connectivity index (χ4n) is 2.02. The summed E-state index contributed by atoms with van der Waals surface area (Å²) in [6, 6.07) is 9.60. The summed E-state index contributed by atoms with van der Waals surface area (Å²) in [7, 11) is 0. The van der Waals surface area contributed by atoms with Crippen molar-refractivity contribution >= 4 is 6.03 Å². The number of likely N-dealkylation sites (N-methyl/N-ethyl adjacent to an activating group) is 1. The van der Waals surface area contributed by atoms with Crippen molar-refractivity contribution in [3.8, 4) is 5.69 Å². The lowest BCUT2D eigenvalue weighted by molar-refractivity contribution is 0.204.